The largest absolute Gasteiger partial charge is 0.335 e. The van der Waals surface area contributed by atoms with Gasteiger partial charge < -0.3 is 4.90 Å². The summed E-state index contributed by atoms with van der Waals surface area (Å²) in [6.07, 6.45) is -1.76. The molecule has 1 atom stereocenters. The van der Waals surface area contributed by atoms with Crippen LogP contribution in [0.2, 0.25) is 0 Å². The fourth-order valence-corrected chi connectivity index (χ4v) is 1.94. The van der Waals surface area contributed by atoms with Crippen LogP contribution in [0.1, 0.15) is 6.92 Å². The summed E-state index contributed by atoms with van der Waals surface area (Å²) in [5.41, 5.74) is 0. The molecule has 4 nitrogen and oxygen atoms in total. The van der Waals surface area contributed by atoms with Crippen molar-refractivity contribution in [2.24, 2.45) is 0 Å². The van der Waals surface area contributed by atoms with Gasteiger partial charge in [-0.25, -0.2) is 17.2 Å². The van der Waals surface area contributed by atoms with Crippen LogP contribution in [0.15, 0.2) is 0 Å². The second-order valence-corrected chi connectivity index (χ2v) is 6.50. The van der Waals surface area contributed by atoms with E-state index in [-0.39, 0.29) is 6.54 Å². The van der Waals surface area contributed by atoms with Gasteiger partial charge in [0.2, 0.25) is 5.91 Å². The Morgan fingerprint density at radius 3 is 2.25 bits per heavy atom. The first-order valence-electron chi connectivity index (χ1n) is 4.52. The van der Waals surface area contributed by atoms with Crippen LogP contribution in [0.5, 0.6) is 0 Å². The van der Waals surface area contributed by atoms with E-state index >= 15 is 0 Å². The third-order valence-corrected chi connectivity index (χ3v) is 3.86. The van der Waals surface area contributed by atoms with Crippen molar-refractivity contribution in [2.75, 3.05) is 24.7 Å². The van der Waals surface area contributed by atoms with Gasteiger partial charge in [0.25, 0.3) is 6.43 Å². The van der Waals surface area contributed by atoms with Crippen molar-refractivity contribution in [3.8, 4) is 0 Å². The second-order valence-electron chi connectivity index (χ2n) is 3.34. The van der Waals surface area contributed by atoms with E-state index in [9.17, 15) is 22.0 Å². The van der Waals surface area contributed by atoms with Crippen LogP contribution >= 0.6 is 15.9 Å². The number of carbonyl (C=O) groups is 1. The van der Waals surface area contributed by atoms with Gasteiger partial charge in [-0.3, -0.25) is 4.79 Å². The van der Waals surface area contributed by atoms with Crippen LogP contribution in [0.25, 0.3) is 0 Å². The molecule has 0 aromatic carbocycles. The van der Waals surface area contributed by atoms with Gasteiger partial charge in [0.1, 0.15) is 5.25 Å². The minimum atomic E-state index is -3.55. The molecule has 0 radical (unpaired) electrons. The van der Waals surface area contributed by atoms with Gasteiger partial charge in [0.05, 0.1) is 6.54 Å². The SMILES string of the molecule is CC(C(=O)N(CCBr)CC(F)F)S(C)(=O)=O. The Hall–Kier alpha value is -0.240. The maximum Gasteiger partial charge on any atom is 0.255 e. The van der Waals surface area contributed by atoms with E-state index in [0.717, 1.165) is 11.2 Å². The predicted octanol–water partition coefficient (Wildman–Crippen LogP) is 0.908. The summed E-state index contributed by atoms with van der Waals surface area (Å²) in [4.78, 5) is 12.5. The highest BCUT2D eigenvalue weighted by molar-refractivity contribution is 9.09. The van der Waals surface area contributed by atoms with Crippen molar-refractivity contribution in [2.45, 2.75) is 18.6 Å². The highest BCUT2D eigenvalue weighted by atomic mass is 79.9. The van der Waals surface area contributed by atoms with Crippen molar-refractivity contribution >= 4 is 31.7 Å². The topological polar surface area (TPSA) is 54.5 Å². The summed E-state index contributed by atoms with van der Waals surface area (Å²) in [7, 11) is -3.55. The van der Waals surface area contributed by atoms with Crippen molar-refractivity contribution < 1.29 is 22.0 Å². The lowest BCUT2D eigenvalue weighted by Crippen LogP contribution is -2.44. The summed E-state index contributed by atoms with van der Waals surface area (Å²) in [6, 6.07) is 0. The smallest absolute Gasteiger partial charge is 0.255 e. The summed E-state index contributed by atoms with van der Waals surface area (Å²) in [5, 5.41) is -0.965. The molecule has 96 valence electrons. The summed E-state index contributed by atoms with van der Waals surface area (Å²) < 4.78 is 46.6. The van der Waals surface area contributed by atoms with E-state index in [0.29, 0.717) is 5.33 Å². The van der Waals surface area contributed by atoms with Crippen LogP contribution < -0.4 is 0 Å². The Morgan fingerprint density at radius 1 is 1.44 bits per heavy atom. The molecule has 8 heteroatoms. The molecule has 0 aliphatic carbocycles. The quantitative estimate of drug-likeness (QED) is 0.683. The third kappa shape index (κ3) is 5.20. The zero-order valence-electron chi connectivity index (χ0n) is 8.99. The van der Waals surface area contributed by atoms with E-state index in [1.165, 1.54) is 6.92 Å². The van der Waals surface area contributed by atoms with Gasteiger partial charge in [-0.2, -0.15) is 0 Å². The minimum Gasteiger partial charge on any atom is -0.335 e. The highest BCUT2D eigenvalue weighted by Crippen LogP contribution is 2.07. The normalized spacial score (nSPS) is 13.9. The lowest BCUT2D eigenvalue weighted by Gasteiger charge is -2.23. The molecule has 16 heavy (non-hydrogen) atoms. The van der Waals surface area contributed by atoms with Crippen molar-refractivity contribution in [3.05, 3.63) is 0 Å². The summed E-state index contributed by atoms with van der Waals surface area (Å²) in [6.45, 7) is 0.512. The molecule has 0 saturated heterocycles. The van der Waals surface area contributed by atoms with Crippen molar-refractivity contribution in [3.63, 3.8) is 0 Å². The van der Waals surface area contributed by atoms with Crippen LogP contribution in [0.3, 0.4) is 0 Å². The minimum absolute atomic E-state index is 0.0586. The Balaban J connectivity index is 4.74. The summed E-state index contributed by atoms with van der Waals surface area (Å²) in [5.74, 6) is -0.790. The number of hydrogen-bond acceptors (Lipinski definition) is 3. The van der Waals surface area contributed by atoms with Crippen molar-refractivity contribution in [1.29, 1.82) is 0 Å². The number of alkyl halides is 3. The number of halogens is 3. The van der Waals surface area contributed by atoms with E-state index < -0.39 is 34.0 Å². The number of rotatable bonds is 6. The number of hydrogen-bond donors (Lipinski definition) is 0. The van der Waals surface area contributed by atoms with Gasteiger partial charge in [-0.05, 0) is 6.92 Å². The van der Waals surface area contributed by atoms with E-state index in [1.807, 2.05) is 0 Å². The van der Waals surface area contributed by atoms with E-state index in [4.69, 9.17) is 0 Å². The molecule has 0 fully saturated rings. The van der Waals surface area contributed by atoms with Gasteiger partial charge in [0.15, 0.2) is 9.84 Å². The van der Waals surface area contributed by atoms with Gasteiger partial charge >= 0.3 is 0 Å². The Bertz CT molecular complexity index is 334. The Morgan fingerprint density at radius 2 is 1.94 bits per heavy atom. The molecule has 0 aliphatic heterocycles. The number of amides is 1. The predicted molar refractivity (Wildman–Crippen MR) is 60.7 cm³/mol. The van der Waals surface area contributed by atoms with Gasteiger partial charge in [-0.1, -0.05) is 15.9 Å². The molecule has 0 aliphatic rings. The standard InChI is InChI=1S/C8H14BrF2NO3S/c1-6(16(2,14)15)8(13)12(4-3-9)5-7(10)11/h6-7H,3-5H2,1-2H3. The number of sulfone groups is 1. The monoisotopic (exact) mass is 321 g/mol. The fraction of sp³-hybridized carbons (Fsp3) is 0.875. The maximum atomic E-state index is 12.2. The van der Waals surface area contributed by atoms with Crippen LogP contribution in [0.4, 0.5) is 8.78 Å². The molecule has 0 aromatic rings. The zero-order valence-corrected chi connectivity index (χ0v) is 11.4. The maximum absolute atomic E-state index is 12.2. The highest BCUT2D eigenvalue weighted by Gasteiger charge is 2.29. The van der Waals surface area contributed by atoms with Crippen molar-refractivity contribution in [1.82, 2.24) is 4.90 Å². The van der Waals surface area contributed by atoms with Crippen LogP contribution in [-0.4, -0.2) is 55.6 Å². The molecule has 0 aromatic heterocycles. The average Bonchev–Trinajstić information content (AvgIpc) is 2.12. The average molecular weight is 322 g/mol. The van der Waals surface area contributed by atoms with Crippen LogP contribution in [0, 0.1) is 0 Å². The first-order chi connectivity index (χ1) is 7.20. The lowest BCUT2D eigenvalue weighted by atomic mass is 10.3. The molecular formula is C8H14BrF2NO3S. The van der Waals surface area contributed by atoms with E-state index in [2.05, 4.69) is 15.9 Å². The van der Waals surface area contributed by atoms with Crippen LogP contribution in [-0.2, 0) is 14.6 Å². The number of nitrogens with zero attached hydrogens (tertiary/aromatic N) is 1. The molecule has 1 unspecified atom stereocenters. The van der Waals surface area contributed by atoms with E-state index in [1.54, 1.807) is 0 Å². The molecule has 0 spiro atoms. The fourth-order valence-electron chi connectivity index (χ4n) is 1.00. The molecular weight excluding hydrogens is 308 g/mol. The lowest BCUT2D eigenvalue weighted by molar-refractivity contribution is -0.132. The number of carbonyl (C=O) groups excluding carboxylic acids is 1. The zero-order chi connectivity index (χ0) is 12.9. The molecule has 0 saturated carbocycles. The van der Waals surface area contributed by atoms with Gasteiger partial charge in [0, 0.05) is 18.1 Å². The Labute approximate surface area is 102 Å². The first kappa shape index (κ1) is 15.8. The molecule has 1 amide bonds. The molecule has 0 N–H and O–H groups in total. The second kappa shape index (κ2) is 6.48. The first-order valence-corrected chi connectivity index (χ1v) is 7.59. The molecule has 0 bridgehead atoms. The summed E-state index contributed by atoms with van der Waals surface area (Å²) >= 11 is 3.02. The Kier molecular flexibility index (Phi) is 6.39. The molecule has 0 rings (SSSR count). The third-order valence-electron chi connectivity index (χ3n) is 2.01. The molecule has 0 heterocycles. The van der Waals surface area contributed by atoms with Gasteiger partial charge in [-0.15, -0.1) is 0 Å².